The Balaban J connectivity index is 2.21. The van der Waals surface area contributed by atoms with Gasteiger partial charge in [0.05, 0.1) is 16.9 Å². The van der Waals surface area contributed by atoms with Crippen LogP contribution in [0.3, 0.4) is 0 Å². The Labute approximate surface area is 116 Å². The molecule has 19 heavy (non-hydrogen) atoms. The van der Waals surface area contributed by atoms with E-state index >= 15 is 0 Å². The molecule has 4 nitrogen and oxygen atoms in total. The number of halogens is 2. The summed E-state index contributed by atoms with van der Waals surface area (Å²) in [5, 5.41) is 11.1. The molecule has 1 aromatic heterocycles. The zero-order chi connectivity index (χ0) is 13.8. The molecule has 0 amide bonds. The van der Waals surface area contributed by atoms with Crippen molar-refractivity contribution in [3.63, 3.8) is 0 Å². The second-order valence-corrected chi connectivity index (χ2v) is 5.14. The quantitative estimate of drug-likeness (QED) is 0.917. The van der Waals surface area contributed by atoms with Crippen molar-refractivity contribution in [3.8, 4) is 5.69 Å². The molecule has 1 aromatic carbocycles. The molecule has 0 spiro atoms. The minimum Gasteiger partial charge on any atom is -0.311 e. The summed E-state index contributed by atoms with van der Waals surface area (Å²) in [7, 11) is 0. The first kappa shape index (κ1) is 14.0. The summed E-state index contributed by atoms with van der Waals surface area (Å²) >= 11 is 5.78. The fourth-order valence-electron chi connectivity index (χ4n) is 1.72. The number of rotatable bonds is 5. The molecule has 0 saturated carbocycles. The summed E-state index contributed by atoms with van der Waals surface area (Å²) in [6.07, 6.45) is 1.62. The standard InChI is InChI=1S/C13H16ClFN4/c1-9(2)6-16-7-10-8-17-18-19(10)12-5-3-4-11(14)13(12)15/h3-5,8-9,16H,6-7H2,1-2H3. The fraction of sp³-hybridized carbons (Fsp3) is 0.385. The Bertz CT molecular complexity index is 553. The van der Waals surface area contributed by atoms with Gasteiger partial charge in [0.15, 0.2) is 5.82 Å². The molecule has 0 bridgehead atoms. The topological polar surface area (TPSA) is 42.7 Å². The Morgan fingerprint density at radius 1 is 1.42 bits per heavy atom. The predicted molar refractivity (Wildman–Crippen MR) is 72.9 cm³/mol. The molecule has 2 rings (SSSR count). The van der Waals surface area contributed by atoms with E-state index in [4.69, 9.17) is 11.6 Å². The molecular formula is C13H16ClFN4. The summed E-state index contributed by atoms with van der Waals surface area (Å²) in [6.45, 7) is 5.71. The van der Waals surface area contributed by atoms with Crippen LogP contribution in [0.1, 0.15) is 19.5 Å². The second kappa shape index (κ2) is 6.12. The van der Waals surface area contributed by atoms with Crippen molar-refractivity contribution in [1.29, 1.82) is 0 Å². The zero-order valence-corrected chi connectivity index (χ0v) is 11.7. The molecule has 0 fully saturated rings. The Hall–Kier alpha value is -1.46. The third-order valence-electron chi connectivity index (χ3n) is 2.64. The van der Waals surface area contributed by atoms with Gasteiger partial charge in [0.25, 0.3) is 0 Å². The van der Waals surface area contributed by atoms with Gasteiger partial charge in [-0.15, -0.1) is 5.10 Å². The molecule has 0 aliphatic rings. The van der Waals surface area contributed by atoms with Crippen molar-refractivity contribution in [3.05, 3.63) is 40.9 Å². The lowest BCUT2D eigenvalue weighted by molar-refractivity contribution is 0.538. The fourth-order valence-corrected chi connectivity index (χ4v) is 1.89. The van der Waals surface area contributed by atoms with Crippen LogP contribution in [0.2, 0.25) is 5.02 Å². The van der Waals surface area contributed by atoms with E-state index in [1.807, 2.05) is 0 Å². The monoisotopic (exact) mass is 282 g/mol. The molecule has 1 heterocycles. The van der Waals surface area contributed by atoms with Crippen LogP contribution >= 0.6 is 11.6 Å². The summed E-state index contributed by atoms with van der Waals surface area (Å²) in [5.41, 5.74) is 1.10. The smallest absolute Gasteiger partial charge is 0.167 e. The third-order valence-corrected chi connectivity index (χ3v) is 2.93. The predicted octanol–water partition coefficient (Wildman–Crippen LogP) is 2.81. The van der Waals surface area contributed by atoms with E-state index in [-0.39, 0.29) is 5.02 Å². The van der Waals surface area contributed by atoms with Crippen molar-refractivity contribution < 1.29 is 4.39 Å². The largest absolute Gasteiger partial charge is 0.311 e. The Morgan fingerprint density at radius 3 is 2.95 bits per heavy atom. The number of hydrogen-bond acceptors (Lipinski definition) is 3. The first-order chi connectivity index (χ1) is 9.09. The van der Waals surface area contributed by atoms with E-state index in [1.54, 1.807) is 18.3 Å². The van der Waals surface area contributed by atoms with E-state index in [2.05, 4.69) is 29.5 Å². The highest BCUT2D eigenvalue weighted by Gasteiger charge is 2.12. The molecular weight excluding hydrogens is 267 g/mol. The van der Waals surface area contributed by atoms with E-state index in [1.165, 1.54) is 10.7 Å². The minimum atomic E-state index is -0.486. The maximum Gasteiger partial charge on any atom is 0.167 e. The van der Waals surface area contributed by atoms with E-state index in [0.29, 0.717) is 18.2 Å². The summed E-state index contributed by atoms with van der Waals surface area (Å²) in [4.78, 5) is 0. The molecule has 0 saturated heterocycles. The minimum absolute atomic E-state index is 0.0779. The van der Waals surface area contributed by atoms with Gasteiger partial charge in [-0.2, -0.15) is 0 Å². The third kappa shape index (κ3) is 3.30. The molecule has 0 aliphatic carbocycles. The first-order valence-corrected chi connectivity index (χ1v) is 6.52. The van der Waals surface area contributed by atoms with Crippen molar-refractivity contribution in [1.82, 2.24) is 20.3 Å². The zero-order valence-electron chi connectivity index (χ0n) is 10.9. The summed E-state index contributed by atoms with van der Waals surface area (Å²) in [6, 6.07) is 4.82. The lowest BCUT2D eigenvalue weighted by atomic mass is 10.2. The Morgan fingerprint density at radius 2 is 2.21 bits per heavy atom. The van der Waals surface area contributed by atoms with Crippen LogP contribution in [0.15, 0.2) is 24.4 Å². The molecule has 1 N–H and O–H groups in total. The highest BCUT2D eigenvalue weighted by atomic mass is 35.5. The van der Waals surface area contributed by atoms with Crippen LogP contribution < -0.4 is 5.32 Å². The van der Waals surface area contributed by atoms with Gasteiger partial charge in [0.2, 0.25) is 0 Å². The van der Waals surface area contributed by atoms with Crippen LogP contribution in [0.4, 0.5) is 4.39 Å². The molecule has 102 valence electrons. The second-order valence-electron chi connectivity index (χ2n) is 4.73. The van der Waals surface area contributed by atoms with Crippen molar-refractivity contribution in [2.45, 2.75) is 20.4 Å². The van der Waals surface area contributed by atoms with Crippen molar-refractivity contribution in [2.75, 3.05) is 6.54 Å². The number of benzene rings is 1. The van der Waals surface area contributed by atoms with Gasteiger partial charge in [-0.25, -0.2) is 9.07 Å². The lowest BCUT2D eigenvalue weighted by Gasteiger charge is -2.10. The molecule has 0 atom stereocenters. The van der Waals surface area contributed by atoms with Gasteiger partial charge in [-0.1, -0.05) is 36.7 Å². The molecule has 2 aromatic rings. The maximum atomic E-state index is 14.0. The van der Waals surface area contributed by atoms with Gasteiger partial charge >= 0.3 is 0 Å². The van der Waals surface area contributed by atoms with Crippen LogP contribution in [0, 0.1) is 11.7 Å². The summed E-state index contributed by atoms with van der Waals surface area (Å²) in [5.74, 6) is 0.0620. The SMILES string of the molecule is CC(C)CNCc1cnnn1-c1cccc(Cl)c1F. The molecule has 0 unspecified atom stereocenters. The lowest BCUT2D eigenvalue weighted by Crippen LogP contribution is -2.21. The number of aromatic nitrogens is 3. The summed E-state index contributed by atoms with van der Waals surface area (Å²) < 4.78 is 15.4. The van der Waals surface area contributed by atoms with E-state index in [0.717, 1.165) is 12.2 Å². The van der Waals surface area contributed by atoms with Crippen LogP contribution in [-0.4, -0.2) is 21.5 Å². The van der Waals surface area contributed by atoms with Gasteiger partial charge in [-0.05, 0) is 24.6 Å². The maximum absolute atomic E-state index is 14.0. The highest BCUT2D eigenvalue weighted by molar-refractivity contribution is 6.30. The van der Waals surface area contributed by atoms with Crippen LogP contribution in [0.25, 0.3) is 5.69 Å². The van der Waals surface area contributed by atoms with Gasteiger partial charge in [0.1, 0.15) is 5.69 Å². The molecule has 6 heteroatoms. The van der Waals surface area contributed by atoms with Crippen LogP contribution in [0.5, 0.6) is 0 Å². The van der Waals surface area contributed by atoms with Crippen molar-refractivity contribution in [2.24, 2.45) is 5.92 Å². The normalized spacial score (nSPS) is 11.2. The Kier molecular flexibility index (Phi) is 4.50. The van der Waals surface area contributed by atoms with Crippen LogP contribution in [-0.2, 0) is 6.54 Å². The molecule has 0 radical (unpaired) electrons. The van der Waals surface area contributed by atoms with Crippen molar-refractivity contribution >= 4 is 11.6 Å². The average Bonchev–Trinajstić information content (AvgIpc) is 2.80. The van der Waals surface area contributed by atoms with Gasteiger partial charge in [0, 0.05) is 6.54 Å². The number of hydrogen-bond donors (Lipinski definition) is 1. The first-order valence-electron chi connectivity index (χ1n) is 6.14. The number of nitrogens with zero attached hydrogens (tertiary/aromatic N) is 3. The van der Waals surface area contributed by atoms with E-state index in [9.17, 15) is 4.39 Å². The highest BCUT2D eigenvalue weighted by Crippen LogP contribution is 2.21. The van der Waals surface area contributed by atoms with Gasteiger partial charge in [-0.3, -0.25) is 0 Å². The number of nitrogens with one attached hydrogen (secondary N) is 1. The van der Waals surface area contributed by atoms with Gasteiger partial charge < -0.3 is 5.32 Å². The molecule has 0 aliphatic heterocycles. The average molecular weight is 283 g/mol. The van der Waals surface area contributed by atoms with E-state index < -0.39 is 5.82 Å².